The first-order valence-corrected chi connectivity index (χ1v) is 18.2. The minimum absolute atomic E-state index is 0.0386. The topological polar surface area (TPSA) is 362 Å². The van der Waals surface area contributed by atoms with Gasteiger partial charge in [0, 0.05) is 6.54 Å². The molecule has 0 aromatic heterocycles. The van der Waals surface area contributed by atoms with E-state index in [1.807, 2.05) is 0 Å². The van der Waals surface area contributed by atoms with Crippen LogP contribution >= 0.6 is 7.82 Å². The maximum Gasteiger partial charge on any atom is 0.466 e. The number of carbonyl (C=O) groups excluding carboxylic acids is 5. The molecule has 20 nitrogen and oxygen atoms in total. The number of rotatable bonds is 21. The van der Waals surface area contributed by atoms with E-state index in [0.717, 1.165) is 0 Å². The van der Waals surface area contributed by atoms with Crippen LogP contribution in [0.1, 0.15) is 44.1 Å². The molecule has 0 unspecified atom stereocenters. The van der Waals surface area contributed by atoms with E-state index in [2.05, 4.69) is 26.6 Å². The number of hydrogen-bond donors (Lipinski definition) is 13. The van der Waals surface area contributed by atoms with Crippen LogP contribution in [0.2, 0.25) is 0 Å². The van der Waals surface area contributed by atoms with Crippen LogP contribution in [-0.4, -0.2) is 148 Å². The van der Waals surface area contributed by atoms with Gasteiger partial charge in [0.2, 0.25) is 5.91 Å². The number of benzene rings is 1. The average molecular weight is 742 g/mol. The molecular formula is C27H45KN9O11P. The molecule has 0 saturated carbocycles. The summed E-state index contributed by atoms with van der Waals surface area (Å²) in [5.41, 5.74) is 17.2. The largest absolute Gasteiger partial charge is 0.466 e. The van der Waals surface area contributed by atoms with Gasteiger partial charge in [0.1, 0.15) is 0 Å². The van der Waals surface area contributed by atoms with E-state index >= 15 is 0 Å². The Kier molecular flexibility index (Phi) is 23.7. The minimum Gasteiger partial charge on any atom is -0.303 e. The van der Waals surface area contributed by atoms with E-state index in [9.17, 15) is 33.9 Å². The van der Waals surface area contributed by atoms with Crippen molar-refractivity contribution in [2.24, 2.45) is 17.2 Å². The van der Waals surface area contributed by atoms with Crippen LogP contribution in [0.5, 0.6) is 0 Å². The van der Waals surface area contributed by atoms with E-state index in [1.165, 1.54) is 0 Å². The maximum atomic E-state index is 13.3. The number of unbranched alkanes of at least 4 members (excludes halogenated alkanes) is 1. The Morgan fingerprint density at radius 1 is 0.837 bits per heavy atom. The van der Waals surface area contributed by atoms with Crippen LogP contribution in [0.4, 0.5) is 0 Å². The molecule has 0 spiro atoms. The molecule has 1 aromatic rings. The summed E-state index contributed by atoms with van der Waals surface area (Å²) in [6.45, 7) is 0.196. The van der Waals surface area contributed by atoms with Crippen LogP contribution in [0.25, 0.3) is 0 Å². The number of carboxylic acids is 1. The molecule has 270 valence electrons. The van der Waals surface area contributed by atoms with Crippen LogP contribution in [0.15, 0.2) is 30.3 Å². The number of guanidine groups is 1. The van der Waals surface area contributed by atoms with Gasteiger partial charge in [-0.25, -0.2) is 4.57 Å². The summed E-state index contributed by atoms with van der Waals surface area (Å²) >= 11 is -0.200. The second kappa shape index (κ2) is 25.2. The summed E-state index contributed by atoms with van der Waals surface area (Å²) in [5.74, 6) is -4.65. The SMILES string of the molecule is N=C(N)NCCC[C@H](N)C(=O)NCC(=O)N[C@@H](CC(=O)O)C(=O)N[C@H](Cc1ccccc1)C(=O)N[C@@H](CCCCN)[C](=O)[K].O=P(O)(O)O. The number of carbonyl (C=O) groups is 6. The molecule has 0 bridgehead atoms. The standard InChI is InChI=1S/C27H42N9O7.K.H3O4P/c28-11-5-4-9-18(16-37)34-25(42)20(13-17-7-2-1-3-8-17)36-26(43)21(14-23(39)40)35-22(38)15-33-24(41)19(29)10-6-12-32-27(30)31;;1-5(2,3)4/h1-3,7-8,18-21H,4-6,9-15,28-29H2,(H,33,41)(H,34,42)(H,35,38)(H,36,43)(H,39,40)(H4,30,31,32);;(H3,1,2,3,4)/t18-,19-,20+,21-;;/m0../s1. The van der Waals surface area contributed by atoms with Crippen molar-refractivity contribution in [3.8, 4) is 0 Å². The molecule has 1 rings (SSSR count). The fourth-order valence-electron chi connectivity index (χ4n) is 4.08. The Hall–Kier alpha value is -2.82. The summed E-state index contributed by atoms with van der Waals surface area (Å²) in [7, 11) is -4.64. The van der Waals surface area contributed by atoms with E-state index in [1.54, 1.807) is 30.3 Å². The van der Waals surface area contributed by atoms with Crippen molar-refractivity contribution in [2.75, 3.05) is 19.6 Å². The second-order valence-electron chi connectivity index (χ2n) is 10.7. The van der Waals surface area contributed by atoms with Gasteiger partial charge >= 0.3 is 236 Å². The van der Waals surface area contributed by atoms with Crippen molar-refractivity contribution in [1.29, 1.82) is 5.41 Å². The number of hydrogen-bond acceptors (Lipinski definition) is 10. The zero-order valence-electron chi connectivity index (χ0n) is 27.1. The van der Waals surface area contributed by atoms with Crippen LogP contribution in [0, 0.1) is 5.41 Å². The molecule has 1 aromatic carbocycles. The van der Waals surface area contributed by atoms with Gasteiger partial charge in [-0.05, 0) is 12.8 Å². The molecule has 4 atom stereocenters. The van der Waals surface area contributed by atoms with Gasteiger partial charge in [-0.2, -0.15) is 0 Å². The van der Waals surface area contributed by atoms with Gasteiger partial charge in [0.25, 0.3) is 0 Å². The summed E-state index contributed by atoms with van der Waals surface area (Å²) in [6.07, 6.45) is 1.62. The summed E-state index contributed by atoms with van der Waals surface area (Å²) < 4.78 is 8.80. The zero-order valence-corrected chi connectivity index (χ0v) is 31.1. The number of nitrogens with one attached hydrogen (secondary N) is 6. The molecule has 0 radical (unpaired) electrons. The van der Waals surface area contributed by atoms with Gasteiger partial charge in [-0.3, -0.25) is 10.2 Å². The van der Waals surface area contributed by atoms with E-state index in [4.69, 9.17) is 41.9 Å². The van der Waals surface area contributed by atoms with Crippen LogP contribution < -0.4 is 43.8 Å². The normalized spacial score (nSPS) is 13.2. The van der Waals surface area contributed by atoms with Crippen molar-refractivity contribution >= 4 is 92.2 Å². The van der Waals surface area contributed by atoms with Crippen molar-refractivity contribution in [1.82, 2.24) is 26.6 Å². The number of carboxylic acid groups (broad SMARTS) is 1. The predicted octanol–water partition coefficient (Wildman–Crippen LogP) is -4.24. The molecule has 4 amide bonds. The molecule has 0 aliphatic rings. The molecule has 0 fully saturated rings. The first-order valence-electron chi connectivity index (χ1n) is 15.1. The molecule has 22 heteroatoms. The van der Waals surface area contributed by atoms with Gasteiger partial charge in [0.15, 0.2) is 5.96 Å². The fourth-order valence-corrected chi connectivity index (χ4v) is 4.75. The predicted molar refractivity (Wildman–Crippen MR) is 176 cm³/mol. The monoisotopic (exact) mass is 741 g/mol. The Balaban J connectivity index is 0.00000427. The zero-order chi connectivity index (χ0) is 37.6. The summed E-state index contributed by atoms with van der Waals surface area (Å²) in [4.78, 5) is 96.6. The second-order valence-corrected chi connectivity index (χ2v) is 13.3. The van der Waals surface area contributed by atoms with Crippen LogP contribution in [-0.2, 0) is 39.8 Å². The first-order chi connectivity index (χ1) is 22.8. The van der Waals surface area contributed by atoms with Crippen molar-refractivity contribution < 1.29 is 53.1 Å². The molecule has 49 heavy (non-hydrogen) atoms. The Morgan fingerprint density at radius 2 is 1.41 bits per heavy atom. The van der Waals surface area contributed by atoms with Crippen LogP contribution in [0.3, 0.4) is 0 Å². The summed E-state index contributed by atoms with van der Waals surface area (Å²) in [5, 5.41) is 28.9. The number of phosphoric acid groups is 1. The van der Waals surface area contributed by atoms with Gasteiger partial charge in [-0.1, -0.05) is 0 Å². The smallest absolute Gasteiger partial charge is 0.303 e. The van der Waals surface area contributed by atoms with E-state index in [-0.39, 0.29) is 67.6 Å². The molecule has 0 aliphatic carbocycles. The Morgan fingerprint density at radius 3 is 1.94 bits per heavy atom. The van der Waals surface area contributed by atoms with Crippen molar-refractivity contribution in [3.05, 3.63) is 35.9 Å². The van der Waals surface area contributed by atoms with Crippen molar-refractivity contribution in [3.63, 3.8) is 0 Å². The average Bonchev–Trinajstić information content (AvgIpc) is 2.99. The Bertz CT molecular complexity index is 1300. The van der Waals surface area contributed by atoms with Gasteiger partial charge in [-0.15, -0.1) is 0 Å². The quantitative estimate of drug-likeness (QED) is 0.0187. The fraction of sp³-hybridized carbons (Fsp3) is 0.519. The minimum atomic E-state index is -4.64. The van der Waals surface area contributed by atoms with Gasteiger partial charge in [0.05, 0.1) is 6.04 Å². The first kappa shape index (κ1) is 46.2. The number of amides is 4. The molecular weight excluding hydrogens is 696 g/mol. The molecule has 16 N–H and O–H groups in total. The molecule has 0 saturated heterocycles. The third-order valence-electron chi connectivity index (χ3n) is 6.47. The van der Waals surface area contributed by atoms with E-state index < -0.39 is 74.6 Å². The third kappa shape index (κ3) is 24.9. The van der Waals surface area contributed by atoms with E-state index in [0.29, 0.717) is 44.3 Å². The molecule has 0 aliphatic heterocycles. The maximum absolute atomic E-state index is 13.3. The number of aliphatic carboxylic acids is 1. The van der Waals surface area contributed by atoms with Crippen molar-refractivity contribution in [2.45, 2.75) is 69.1 Å². The Labute approximate surface area is 316 Å². The summed E-state index contributed by atoms with van der Waals surface area (Å²) in [6, 6.07) is 4.34. The number of nitrogens with two attached hydrogens (primary N) is 3. The molecule has 0 heterocycles. The third-order valence-corrected chi connectivity index (χ3v) is 7.56. The van der Waals surface area contributed by atoms with Gasteiger partial charge < -0.3 is 31.5 Å².